The first-order chi connectivity index (χ1) is 13.7. The van der Waals surface area contributed by atoms with Gasteiger partial charge in [-0.3, -0.25) is 19.8 Å². The minimum absolute atomic E-state index is 0.00822. The summed E-state index contributed by atoms with van der Waals surface area (Å²) in [6.45, 7) is 0.721. The molecule has 2 atom stereocenters. The van der Waals surface area contributed by atoms with Crippen molar-refractivity contribution in [3.05, 3.63) is 24.3 Å². The van der Waals surface area contributed by atoms with Crippen LogP contribution >= 0.6 is 0 Å². The molecule has 2 amide bonds. The zero-order valence-corrected chi connectivity index (χ0v) is 16.0. The van der Waals surface area contributed by atoms with Gasteiger partial charge in [0.15, 0.2) is 0 Å². The lowest BCUT2D eigenvalue weighted by atomic mass is 9.91. The maximum absolute atomic E-state index is 13.4. The summed E-state index contributed by atoms with van der Waals surface area (Å²) in [7, 11) is 0. The van der Waals surface area contributed by atoms with Gasteiger partial charge < -0.3 is 9.88 Å². The van der Waals surface area contributed by atoms with Crippen molar-refractivity contribution in [1.29, 1.82) is 0 Å². The summed E-state index contributed by atoms with van der Waals surface area (Å²) in [5.74, 6) is 0.899. The van der Waals surface area contributed by atoms with Gasteiger partial charge in [-0.05, 0) is 31.2 Å². The molecule has 4 rings (SSSR count). The monoisotopic (exact) mass is 385 g/mol. The number of carbonyl (C=O) groups is 2. The fourth-order valence-corrected chi connectivity index (χ4v) is 4.75. The average molecular weight is 385 g/mol. The predicted molar refractivity (Wildman–Crippen MR) is 102 cm³/mol. The van der Waals surface area contributed by atoms with Gasteiger partial charge in [0.25, 0.3) is 0 Å². The molecule has 0 bridgehead atoms. The Morgan fingerprint density at radius 3 is 2.93 bits per heavy atom. The van der Waals surface area contributed by atoms with Gasteiger partial charge in [0.2, 0.25) is 12.3 Å². The van der Waals surface area contributed by atoms with E-state index < -0.39 is 0 Å². The minimum Gasteiger partial charge on any atom is -0.339 e. The molecule has 2 unspecified atom stereocenters. The van der Waals surface area contributed by atoms with Crippen LogP contribution in [0.15, 0.2) is 18.5 Å². The van der Waals surface area contributed by atoms with Crippen LogP contribution in [0.1, 0.15) is 56.8 Å². The van der Waals surface area contributed by atoms with Gasteiger partial charge in [-0.15, -0.1) is 0 Å². The molecule has 1 aliphatic heterocycles. The van der Waals surface area contributed by atoms with E-state index in [-0.39, 0.29) is 24.4 Å². The molecule has 1 aliphatic carbocycles. The molecular formula is C20H27N5O3. The van der Waals surface area contributed by atoms with E-state index in [1.165, 1.54) is 12.8 Å². The minimum atomic E-state index is -0.384. The lowest BCUT2D eigenvalue weighted by molar-refractivity contribution is -0.157. The van der Waals surface area contributed by atoms with E-state index in [1.54, 1.807) is 12.4 Å². The van der Waals surface area contributed by atoms with E-state index in [0.29, 0.717) is 23.9 Å². The Kier molecular flexibility index (Phi) is 5.57. The van der Waals surface area contributed by atoms with Crippen LogP contribution in [0.2, 0.25) is 0 Å². The Morgan fingerprint density at radius 1 is 1.36 bits per heavy atom. The third kappa shape index (κ3) is 3.87. The van der Waals surface area contributed by atoms with Gasteiger partial charge in [0.05, 0.1) is 35.7 Å². The highest BCUT2D eigenvalue weighted by molar-refractivity contribution is 5.80. The Hall–Kier alpha value is -2.48. The van der Waals surface area contributed by atoms with Gasteiger partial charge in [0.1, 0.15) is 5.82 Å². The van der Waals surface area contributed by atoms with Crippen molar-refractivity contribution in [2.45, 2.75) is 51.0 Å². The number of nitrogens with one attached hydrogen (secondary N) is 1. The van der Waals surface area contributed by atoms with Gasteiger partial charge >= 0.3 is 0 Å². The third-order valence-electron chi connectivity index (χ3n) is 6.12. The van der Waals surface area contributed by atoms with Gasteiger partial charge in [-0.25, -0.2) is 10.0 Å². The number of carbonyl (C=O) groups excluding carboxylic acids is 2. The van der Waals surface area contributed by atoms with E-state index in [1.807, 2.05) is 11.0 Å². The number of pyridine rings is 1. The number of hydrogen-bond acceptors (Lipinski definition) is 5. The molecule has 8 nitrogen and oxygen atoms in total. The highest BCUT2D eigenvalue weighted by Gasteiger charge is 2.37. The molecule has 150 valence electrons. The number of imidazole rings is 1. The Morgan fingerprint density at radius 2 is 2.18 bits per heavy atom. The molecule has 8 heteroatoms. The number of rotatable bonds is 7. The maximum atomic E-state index is 13.4. The molecule has 0 aromatic carbocycles. The number of amides is 2. The first-order valence-electron chi connectivity index (χ1n) is 10.2. The van der Waals surface area contributed by atoms with Crippen molar-refractivity contribution in [1.82, 2.24) is 24.9 Å². The van der Waals surface area contributed by atoms with E-state index in [4.69, 9.17) is 0 Å². The van der Waals surface area contributed by atoms with Crippen LogP contribution in [0.4, 0.5) is 0 Å². The normalized spacial score (nSPS) is 21.3. The topological polar surface area (TPSA) is 102 Å². The number of hydrogen-bond donors (Lipinski definition) is 2. The van der Waals surface area contributed by atoms with Gasteiger partial charge in [0, 0.05) is 12.7 Å². The lowest BCUT2D eigenvalue weighted by Crippen LogP contribution is -2.41. The predicted octanol–water partition coefficient (Wildman–Crippen LogP) is 2.67. The summed E-state index contributed by atoms with van der Waals surface area (Å²) in [4.78, 5) is 38.3. The number of fused-ring (bicyclic) bond motifs is 1. The summed E-state index contributed by atoms with van der Waals surface area (Å²) >= 11 is 0. The quantitative estimate of drug-likeness (QED) is 0.433. The van der Waals surface area contributed by atoms with Crippen LogP contribution in [0, 0.1) is 11.8 Å². The highest BCUT2D eigenvalue weighted by atomic mass is 16.5. The molecule has 2 aliphatic rings. The van der Waals surface area contributed by atoms with Crippen LogP contribution in [0.3, 0.4) is 0 Å². The number of nitrogens with zero attached hydrogens (tertiary/aromatic N) is 4. The SMILES string of the molecule is O=CN(O)CC(CC1CCCC1)C(=O)N1CCCC1c1nc2ccncc2[nH]1. The molecule has 2 aromatic heterocycles. The first kappa shape index (κ1) is 18.9. The van der Waals surface area contributed by atoms with Crippen LogP contribution in [-0.4, -0.2) is 55.5 Å². The van der Waals surface area contributed by atoms with E-state index in [2.05, 4.69) is 15.0 Å². The molecule has 2 N–H and O–H groups in total. The van der Waals surface area contributed by atoms with Crippen LogP contribution in [0.25, 0.3) is 11.0 Å². The first-order valence-corrected chi connectivity index (χ1v) is 10.2. The van der Waals surface area contributed by atoms with Gasteiger partial charge in [-0.1, -0.05) is 25.7 Å². The van der Waals surface area contributed by atoms with Crippen molar-refractivity contribution < 1.29 is 14.8 Å². The fraction of sp³-hybridized carbons (Fsp3) is 0.600. The number of hydroxylamine groups is 2. The highest BCUT2D eigenvalue weighted by Crippen LogP contribution is 2.36. The number of aromatic nitrogens is 3. The molecule has 2 fully saturated rings. The molecule has 3 heterocycles. The second-order valence-electron chi connectivity index (χ2n) is 8.02. The van der Waals surface area contributed by atoms with Crippen LogP contribution in [-0.2, 0) is 9.59 Å². The largest absolute Gasteiger partial charge is 0.339 e. The smallest absolute Gasteiger partial charge is 0.233 e. The molecule has 1 saturated carbocycles. The summed E-state index contributed by atoms with van der Waals surface area (Å²) in [5.41, 5.74) is 1.70. The van der Waals surface area contributed by atoms with Crippen molar-refractivity contribution >= 4 is 23.4 Å². The van der Waals surface area contributed by atoms with E-state index >= 15 is 0 Å². The van der Waals surface area contributed by atoms with Crippen LogP contribution < -0.4 is 0 Å². The molecular weight excluding hydrogens is 358 g/mol. The Bertz CT molecular complexity index is 799. The summed E-state index contributed by atoms with van der Waals surface area (Å²) in [5, 5.41) is 10.3. The molecule has 0 radical (unpaired) electrons. The number of aromatic amines is 1. The molecule has 1 saturated heterocycles. The van der Waals surface area contributed by atoms with Crippen molar-refractivity contribution in [3.63, 3.8) is 0 Å². The summed E-state index contributed by atoms with van der Waals surface area (Å²) < 4.78 is 0. The fourth-order valence-electron chi connectivity index (χ4n) is 4.75. The molecule has 0 spiro atoms. The number of likely N-dealkylation sites (tertiary alicyclic amines) is 1. The standard InChI is InChI=1S/C20H27N5O3/c26-13-24(28)12-15(10-14-4-1-2-5-14)20(27)25-9-3-6-18(25)19-22-16-7-8-21-11-17(16)23-19/h7-8,11,13-15,18,28H,1-6,9-10,12H2,(H,22,23). The zero-order chi connectivity index (χ0) is 19.5. The maximum Gasteiger partial charge on any atom is 0.233 e. The second kappa shape index (κ2) is 8.26. The van der Waals surface area contributed by atoms with Crippen molar-refractivity contribution in [3.8, 4) is 0 Å². The number of H-pyrrole nitrogens is 1. The summed E-state index contributed by atoms with van der Waals surface area (Å²) in [6, 6.07) is 1.75. The van der Waals surface area contributed by atoms with Gasteiger partial charge in [-0.2, -0.15) is 0 Å². The van der Waals surface area contributed by atoms with Crippen LogP contribution in [0.5, 0.6) is 0 Å². The summed E-state index contributed by atoms with van der Waals surface area (Å²) in [6.07, 6.45) is 10.9. The van der Waals surface area contributed by atoms with Crippen molar-refractivity contribution in [2.24, 2.45) is 11.8 Å². The zero-order valence-electron chi connectivity index (χ0n) is 16.0. The Labute approximate surface area is 163 Å². The Balaban J connectivity index is 1.54. The average Bonchev–Trinajstić information content (AvgIpc) is 3.45. The third-order valence-corrected chi connectivity index (χ3v) is 6.12. The molecule has 28 heavy (non-hydrogen) atoms. The van der Waals surface area contributed by atoms with E-state index in [0.717, 1.165) is 49.0 Å². The lowest BCUT2D eigenvalue weighted by Gasteiger charge is -2.30. The molecule has 2 aromatic rings. The van der Waals surface area contributed by atoms with Crippen molar-refractivity contribution in [2.75, 3.05) is 13.1 Å². The second-order valence-corrected chi connectivity index (χ2v) is 8.02. The van der Waals surface area contributed by atoms with E-state index in [9.17, 15) is 14.8 Å².